The van der Waals surface area contributed by atoms with Crippen LogP contribution in [0.25, 0.3) is 22.3 Å². The van der Waals surface area contributed by atoms with Gasteiger partial charge in [0, 0.05) is 37.4 Å². The van der Waals surface area contributed by atoms with Crippen LogP contribution in [0.1, 0.15) is 88.7 Å². The summed E-state index contributed by atoms with van der Waals surface area (Å²) < 4.78 is 12.4. The molecule has 4 aromatic carbocycles. The van der Waals surface area contributed by atoms with Crippen LogP contribution in [0.2, 0.25) is 0 Å². The Labute approximate surface area is 517 Å². The summed E-state index contributed by atoms with van der Waals surface area (Å²) in [7, 11) is 5.58. The second kappa shape index (κ2) is 30.3. The highest BCUT2D eigenvalue weighted by molar-refractivity contribution is 6.00. The van der Waals surface area contributed by atoms with E-state index in [-0.39, 0.29) is 36.1 Å². The lowest BCUT2D eigenvalue weighted by molar-refractivity contribution is -0.894. The van der Waals surface area contributed by atoms with Crippen molar-refractivity contribution < 1.29 is 88.4 Å². The number of amides is 7. The first kappa shape index (κ1) is 68.9. The van der Waals surface area contributed by atoms with Crippen LogP contribution in [0.4, 0.5) is 0 Å². The number of hydrogen-bond donors (Lipinski definition) is 13. The maximum atomic E-state index is 14.9. The van der Waals surface area contributed by atoms with Crippen LogP contribution in [-0.4, -0.2) is 229 Å². The van der Waals surface area contributed by atoms with Crippen LogP contribution in [0.3, 0.4) is 0 Å². The van der Waals surface area contributed by atoms with Crippen molar-refractivity contribution in [1.29, 1.82) is 0 Å². The summed E-state index contributed by atoms with van der Waals surface area (Å²) in [4.78, 5) is 104. The van der Waals surface area contributed by atoms with E-state index in [0.29, 0.717) is 11.1 Å². The molecule has 0 unspecified atom stereocenters. The van der Waals surface area contributed by atoms with Crippen molar-refractivity contribution in [2.45, 2.75) is 158 Å². The van der Waals surface area contributed by atoms with Crippen molar-refractivity contribution in [2.75, 3.05) is 47.4 Å². The maximum absolute atomic E-state index is 14.9. The van der Waals surface area contributed by atoms with Crippen LogP contribution >= 0.6 is 0 Å². The van der Waals surface area contributed by atoms with Gasteiger partial charge in [-0.1, -0.05) is 87.4 Å². The number of fused-ring (bicyclic) bond motifs is 2. The van der Waals surface area contributed by atoms with E-state index in [2.05, 4.69) is 33.5 Å². The minimum absolute atomic E-state index is 0.0459. The van der Waals surface area contributed by atoms with Gasteiger partial charge in [0.1, 0.15) is 78.7 Å². The van der Waals surface area contributed by atoms with Crippen LogP contribution in [0, 0.1) is 5.92 Å². The number of hydrogen-bond acceptors (Lipinski definition) is 17. The Hall–Kier alpha value is -7.59. The third-order valence-corrected chi connectivity index (χ3v) is 16.9. The smallest absolute Gasteiger partial charge is 0.251 e. The average Bonchev–Trinajstić information content (AvgIpc) is 1.88. The first-order valence-corrected chi connectivity index (χ1v) is 30.1. The van der Waals surface area contributed by atoms with Gasteiger partial charge in [-0.25, -0.2) is 0 Å². The number of carbonyl (C=O) groups excluding carboxylic acids is 7. The highest BCUT2D eigenvalue weighted by Crippen LogP contribution is 2.30. The van der Waals surface area contributed by atoms with Gasteiger partial charge in [0.2, 0.25) is 35.4 Å². The Morgan fingerprint density at radius 2 is 1.18 bits per heavy atom. The molecule has 4 aromatic rings. The summed E-state index contributed by atoms with van der Waals surface area (Å²) in [5, 5.41) is 103. The zero-order valence-corrected chi connectivity index (χ0v) is 51.4. The molecule has 0 bridgehead atoms. The molecule has 0 spiro atoms. The monoisotopic (exact) mass is 1240 g/mol. The fraction of sp³-hybridized carbons (Fsp3) is 0.516. The van der Waals surface area contributed by atoms with E-state index >= 15 is 0 Å². The Kier molecular flexibility index (Phi) is 23.4. The number of phenols is 1. The molecule has 0 radical (unpaired) electrons. The molecule has 16 atom stereocenters. The summed E-state index contributed by atoms with van der Waals surface area (Å²) in [5.41, 5.74) is 3.47. The summed E-state index contributed by atoms with van der Waals surface area (Å²) in [6.07, 6.45) is -12.7. The van der Waals surface area contributed by atoms with E-state index in [9.17, 15) is 74.4 Å². The topological polar surface area (TPSA) is 366 Å². The Balaban J connectivity index is 1.24. The van der Waals surface area contributed by atoms with Gasteiger partial charge in [-0.05, 0) is 91.4 Å². The van der Waals surface area contributed by atoms with E-state index in [4.69, 9.17) is 9.47 Å². The number of ether oxygens (including phenoxy) is 2. The number of quaternary nitrogens is 1. The van der Waals surface area contributed by atoms with E-state index in [1.807, 2.05) is 76.6 Å². The van der Waals surface area contributed by atoms with Crippen LogP contribution < -0.4 is 31.3 Å². The first-order chi connectivity index (χ1) is 42.1. The lowest BCUT2D eigenvalue weighted by Crippen LogP contribution is -2.64. The normalized spacial score (nSPS) is 26.9. The molecule has 3 aliphatic heterocycles. The third kappa shape index (κ3) is 17.2. The zero-order chi connectivity index (χ0) is 65.2. The van der Waals surface area contributed by atoms with Crippen molar-refractivity contribution in [3.8, 4) is 33.8 Å². The Bertz CT molecular complexity index is 3070. The molecule has 7 rings (SSSR count). The predicted octanol–water partition coefficient (Wildman–Crippen LogP) is 0.192. The molecular formula is C64H87N8O17+. The number of rotatable bonds is 18. The highest BCUT2D eigenvalue weighted by Gasteiger charge is 2.50. The van der Waals surface area contributed by atoms with Gasteiger partial charge < -0.3 is 91.2 Å². The van der Waals surface area contributed by atoms with Crippen molar-refractivity contribution in [1.82, 2.24) is 36.4 Å². The van der Waals surface area contributed by atoms with Gasteiger partial charge in [0.05, 0.1) is 52.2 Å². The van der Waals surface area contributed by atoms with E-state index in [1.54, 1.807) is 12.1 Å². The number of benzene rings is 4. The van der Waals surface area contributed by atoms with Crippen LogP contribution in [0.15, 0.2) is 97.1 Å². The SMILES string of the molecule is CCCCCOc1ccc(-c2ccc(-c3ccc(C(=O)N[C@H]4C[C@@H](O)[C@@H](OC[C@H](C)[N+](C)(C)C)NC(=O)[C@@H]5[C@@H](O)[C@@H](C)CN5C(=O)[C@H]([C@@H](C)O)NC(=O)[C@H]([C@H](O)[C@@H](O)c5ccc(O)cc5)NC(=O)[C@@H]5C[C@@H](O)CN5C(=O)[C@H]([C@@H](C)O)NC4=O)cc3)cc2)cc1. The minimum Gasteiger partial charge on any atom is -0.508 e. The molecule has 25 nitrogen and oxygen atoms in total. The number of aliphatic hydroxyl groups excluding tert-OH is 7. The van der Waals surface area contributed by atoms with Crippen molar-refractivity contribution in [2.24, 2.45) is 5.92 Å². The van der Waals surface area contributed by atoms with Gasteiger partial charge in [0.15, 0.2) is 6.23 Å². The van der Waals surface area contributed by atoms with Crippen LogP contribution in [0.5, 0.6) is 11.5 Å². The van der Waals surface area contributed by atoms with Gasteiger partial charge in [-0.3, -0.25) is 33.6 Å². The fourth-order valence-corrected chi connectivity index (χ4v) is 10.8. The molecule has 89 heavy (non-hydrogen) atoms. The molecular weight excluding hydrogens is 1150 g/mol. The summed E-state index contributed by atoms with van der Waals surface area (Å²) in [6.45, 7) is 7.31. The number of phenolic OH excluding ortho intramolecular Hbond substituents is 1. The first-order valence-electron chi connectivity index (χ1n) is 30.1. The number of unbranched alkanes of at least 4 members (excludes halogenated alkanes) is 2. The van der Waals surface area contributed by atoms with Gasteiger partial charge in [-0.2, -0.15) is 0 Å². The summed E-state index contributed by atoms with van der Waals surface area (Å²) in [6, 6.07) is 14.9. The molecule has 484 valence electrons. The van der Waals surface area contributed by atoms with Crippen molar-refractivity contribution in [3.05, 3.63) is 108 Å². The zero-order valence-electron chi connectivity index (χ0n) is 51.4. The lowest BCUT2D eigenvalue weighted by atomic mass is 9.96. The lowest BCUT2D eigenvalue weighted by Gasteiger charge is -2.35. The predicted molar refractivity (Wildman–Crippen MR) is 325 cm³/mol. The maximum Gasteiger partial charge on any atom is 0.251 e. The number of nitrogens with zero attached hydrogens (tertiary/aromatic N) is 3. The number of aromatic hydroxyl groups is 1. The van der Waals surface area contributed by atoms with Gasteiger partial charge in [-0.15, -0.1) is 0 Å². The third-order valence-electron chi connectivity index (χ3n) is 16.9. The number of aliphatic hydroxyl groups is 7. The fourth-order valence-electron chi connectivity index (χ4n) is 10.8. The number of carbonyl (C=O) groups is 7. The second-order valence-electron chi connectivity index (χ2n) is 24.6. The average molecular weight is 1240 g/mol. The standard InChI is InChI=1S/C64H86N8O17/c1-9-10-11-28-88-46-26-22-41(23-27-46)39-14-12-38(13-15-39)40-16-18-43(19-17-40)57(81)65-47-30-49(77)62(89-33-35(3)72(6,7)8)69-61(85)53-54(78)34(2)31-71(53)64(87)51(37(5)74)67-60(84)52(56(80)55(79)42-20-24-44(75)25-21-42)68-59(83)48-29-45(76)32-70(48)63(86)50(36(4)73)66-58(47)82/h12-27,34-37,45,47-56,62,73-74,76-80H,9-11,28-33H2,1-8H3,(H5-,65,66,67,68,69,75,81,82,83,84,85)/p+1/t34-,35-,36+,37+,45+,47-,48-,49+,50-,51-,52-,53-,54-,55-,56-,62+/m0/s1. The molecule has 0 aromatic heterocycles. The van der Waals surface area contributed by atoms with Crippen LogP contribution in [-0.2, 0) is 33.5 Å². The number of nitrogens with one attached hydrogen (secondary N) is 5. The molecule has 7 amide bonds. The van der Waals surface area contributed by atoms with Gasteiger partial charge in [0.25, 0.3) is 5.91 Å². The molecule has 25 heteroatoms. The molecule has 13 N–H and O–H groups in total. The van der Waals surface area contributed by atoms with E-state index < -0.39 is 152 Å². The Morgan fingerprint density at radius 3 is 1.73 bits per heavy atom. The molecule has 3 heterocycles. The largest absolute Gasteiger partial charge is 0.508 e. The number of likely N-dealkylation sites (N-methyl/N-ethyl adjacent to an activating group) is 1. The minimum atomic E-state index is -2.29. The molecule has 0 saturated carbocycles. The van der Waals surface area contributed by atoms with E-state index in [1.165, 1.54) is 43.3 Å². The van der Waals surface area contributed by atoms with Crippen molar-refractivity contribution >= 4 is 41.4 Å². The molecule has 3 aliphatic rings. The Morgan fingerprint density at radius 1 is 0.652 bits per heavy atom. The summed E-state index contributed by atoms with van der Waals surface area (Å²) >= 11 is 0. The molecule has 3 fully saturated rings. The second-order valence-corrected chi connectivity index (χ2v) is 24.6. The van der Waals surface area contributed by atoms with Crippen molar-refractivity contribution in [3.63, 3.8) is 0 Å². The van der Waals surface area contributed by atoms with E-state index in [0.717, 1.165) is 70.9 Å². The summed E-state index contributed by atoms with van der Waals surface area (Å²) in [5.74, 6) is -8.26. The highest BCUT2D eigenvalue weighted by atomic mass is 16.5. The quantitative estimate of drug-likeness (QED) is 0.0467. The molecule has 3 saturated heterocycles. The molecule has 0 aliphatic carbocycles. The van der Waals surface area contributed by atoms with Gasteiger partial charge >= 0.3 is 0 Å².